The van der Waals surface area contributed by atoms with Crippen molar-refractivity contribution in [2.45, 2.75) is 6.04 Å². The van der Waals surface area contributed by atoms with Gasteiger partial charge in [0, 0.05) is 0 Å². The average molecular weight is 295 g/mol. The van der Waals surface area contributed by atoms with Crippen LogP contribution in [-0.4, -0.2) is 6.03 Å². The van der Waals surface area contributed by atoms with E-state index in [0.717, 1.165) is 11.1 Å². The van der Waals surface area contributed by atoms with Crippen LogP contribution in [0.1, 0.15) is 17.2 Å². The van der Waals surface area contributed by atoms with E-state index in [-0.39, 0.29) is 6.04 Å². The molecule has 98 valence electrons. The van der Waals surface area contributed by atoms with Crippen molar-refractivity contribution < 1.29 is 4.79 Å². The number of carbonyl (C=O) groups excluding carboxylic acids is 1. The second kappa shape index (κ2) is 5.95. The number of carbonyl (C=O) groups is 1. The van der Waals surface area contributed by atoms with Crippen LogP contribution in [0.4, 0.5) is 4.79 Å². The second-order valence-corrected chi connectivity index (χ2v) is 4.84. The second-order valence-electron chi connectivity index (χ2n) is 4.03. The fraction of sp³-hybridized carbons (Fsp3) is 0.0714. The van der Waals surface area contributed by atoms with Crippen molar-refractivity contribution in [1.29, 1.82) is 0 Å². The Morgan fingerprint density at radius 2 is 1.68 bits per heavy atom. The monoisotopic (exact) mass is 294 g/mol. The van der Waals surface area contributed by atoms with Crippen LogP contribution < -0.4 is 11.1 Å². The molecule has 1 unspecified atom stereocenters. The van der Waals surface area contributed by atoms with Gasteiger partial charge in [-0.3, -0.25) is 0 Å². The third-order valence-corrected chi connectivity index (χ3v) is 3.44. The van der Waals surface area contributed by atoms with Crippen molar-refractivity contribution >= 4 is 29.2 Å². The maximum Gasteiger partial charge on any atom is 0.312 e. The van der Waals surface area contributed by atoms with Gasteiger partial charge >= 0.3 is 6.03 Å². The fourth-order valence-corrected chi connectivity index (χ4v) is 2.15. The first-order valence-corrected chi connectivity index (χ1v) is 6.39. The van der Waals surface area contributed by atoms with Gasteiger partial charge in [0.25, 0.3) is 0 Å². The molecule has 3 N–H and O–H groups in total. The molecule has 2 amide bonds. The molecule has 1 atom stereocenters. The quantitative estimate of drug-likeness (QED) is 0.890. The van der Waals surface area contributed by atoms with E-state index in [1.165, 1.54) is 0 Å². The summed E-state index contributed by atoms with van der Waals surface area (Å²) in [4.78, 5) is 11.2. The molecule has 0 aliphatic carbocycles. The zero-order valence-corrected chi connectivity index (χ0v) is 11.4. The molecule has 19 heavy (non-hydrogen) atoms. The maximum atomic E-state index is 11.2. The Bertz CT molecular complexity index is 587. The Morgan fingerprint density at radius 1 is 1.00 bits per heavy atom. The molecule has 0 bridgehead atoms. The number of hydrogen-bond acceptors (Lipinski definition) is 1. The standard InChI is InChI=1S/C14H12Cl2N2O/c15-11-7-6-10(8-12(11)16)13(18-14(17)19)9-4-2-1-3-5-9/h1-8,13H,(H3,17,18,19). The number of halogens is 2. The van der Waals surface area contributed by atoms with Gasteiger partial charge in [0.05, 0.1) is 16.1 Å². The van der Waals surface area contributed by atoms with Crippen LogP contribution in [0.5, 0.6) is 0 Å². The normalized spacial score (nSPS) is 11.9. The van der Waals surface area contributed by atoms with E-state index in [9.17, 15) is 4.79 Å². The zero-order chi connectivity index (χ0) is 13.8. The summed E-state index contributed by atoms with van der Waals surface area (Å²) in [5.74, 6) is 0. The summed E-state index contributed by atoms with van der Waals surface area (Å²) in [6, 6.07) is 13.8. The lowest BCUT2D eigenvalue weighted by molar-refractivity contribution is 0.247. The van der Waals surface area contributed by atoms with Crippen molar-refractivity contribution in [3.63, 3.8) is 0 Å². The van der Waals surface area contributed by atoms with E-state index in [4.69, 9.17) is 28.9 Å². The van der Waals surface area contributed by atoms with Crippen molar-refractivity contribution in [2.75, 3.05) is 0 Å². The average Bonchev–Trinajstić information content (AvgIpc) is 2.40. The molecule has 2 aromatic rings. The zero-order valence-electron chi connectivity index (χ0n) is 9.94. The number of urea groups is 1. The number of rotatable bonds is 3. The molecule has 0 fully saturated rings. The van der Waals surface area contributed by atoms with Crippen LogP contribution in [0.25, 0.3) is 0 Å². The summed E-state index contributed by atoms with van der Waals surface area (Å²) in [5.41, 5.74) is 6.96. The maximum absolute atomic E-state index is 11.2. The SMILES string of the molecule is NC(=O)NC(c1ccccc1)c1ccc(Cl)c(Cl)c1. The Hall–Kier alpha value is -1.71. The molecule has 0 aromatic heterocycles. The topological polar surface area (TPSA) is 55.1 Å². The van der Waals surface area contributed by atoms with E-state index in [1.54, 1.807) is 12.1 Å². The molecule has 0 saturated heterocycles. The number of benzene rings is 2. The summed E-state index contributed by atoms with van der Waals surface area (Å²) in [6.45, 7) is 0. The number of hydrogen-bond donors (Lipinski definition) is 2. The molecule has 3 nitrogen and oxygen atoms in total. The van der Waals surface area contributed by atoms with Gasteiger partial charge in [-0.2, -0.15) is 0 Å². The first-order valence-electron chi connectivity index (χ1n) is 5.64. The van der Waals surface area contributed by atoms with Gasteiger partial charge in [-0.15, -0.1) is 0 Å². The number of nitrogens with one attached hydrogen (secondary N) is 1. The van der Waals surface area contributed by atoms with E-state index >= 15 is 0 Å². The predicted octanol–water partition coefficient (Wildman–Crippen LogP) is 3.75. The molecular formula is C14H12Cl2N2O. The molecule has 5 heteroatoms. The third kappa shape index (κ3) is 3.40. The first-order chi connectivity index (χ1) is 9.08. The van der Waals surface area contributed by atoms with Gasteiger partial charge in [-0.25, -0.2) is 4.79 Å². The first kappa shape index (κ1) is 13.7. The van der Waals surface area contributed by atoms with Crippen molar-refractivity contribution in [3.8, 4) is 0 Å². The minimum Gasteiger partial charge on any atom is -0.352 e. The Kier molecular flexibility index (Phi) is 4.30. The molecular weight excluding hydrogens is 283 g/mol. The third-order valence-electron chi connectivity index (χ3n) is 2.70. The van der Waals surface area contributed by atoms with E-state index in [2.05, 4.69) is 5.32 Å². The van der Waals surface area contributed by atoms with Crippen LogP contribution in [0.15, 0.2) is 48.5 Å². The Balaban J connectivity index is 2.42. The van der Waals surface area contributed by atoms with Gasteiger partial charge < -0.3 is 11.1 Å². The van der Waals surface area contributed by atoms with E-state index in [1.807, 2.05) is 36.4 Å². The van der Waals surface area contributed by atoms with Crippen LogP contribution in [0, 0.1) is 0 Å². The highest BCUT2D eigenvalue weighted by Gasteiger charge is 2.16. The lowest BCUT2D eigenvalue weighted by atomic mass is 9.99. The van der Waals surface area contributed by atoms with Crippen LogP contribution >= 0.6 is 23.2 Å². The highest BCUT2D eigenvalue weighted by Crippen LogP contribution is 2.28. The molecule has 0 saturated carbocycles. The molecule has 0 aliphatic rings. The van der Waals surface area contributed by atoms with Gasteiger partial charge in [-0.1, -0.05) is 59.6 Å². The van der Waals surface area contributed by atoms with Gasteiger partial charge in [-0.05, 0) is 23.3 Å². The number of primary amides is 1. The molecule has 2 aromatic carbocycles. The lowest BCUT2D eigenvalue weighted by Crippen LogP contribution is -2.33. The molecule has 0 aliphatic heterocycles. The molecule has 2 rings (SSSR count). The Labute approximate surface area is 121 Å². The molecule has 0 radical (unpaired) electrons. The van der Waals surface area contributed by atoms with Crippen LogP contribution in [-0.2, 0) is 0 Å². The summed E-state index contributed by atoms with van der Waals surface area (Å²) in [7, 11) is 0. The summed E-state index contributed by atoms with van der Waals surface area (Å²) in [6.07, 6.45) is 0. The van der Waals surface area contributed by atoms with Gasteiger partial charge in [0.15, 0.2) is 0 Å². The predicted molar refractivity (Wildman–Crippen MR) is 77.5 cm³/mol. The number of amides is 2. The highest BCUT2D eigenvalue weighted by molar-refractivity contribution is 6.42. The largest absolute Gasteiger partial charge is 0.352 e. The highest BCUT2D eigenvalue weighted by atomic mass is 35.5. The fourth-order valence-electron chi connectivity index (χ4n) is 1.84. The lowest BCUT2D eigenvalue weighted by Gasteiger charge is -2.19. The van der Waals surface area contributed by atoms with Crippen molar-refractivity contribution in [3.05, 3.63) is 69.7 Å². The summed E-state index contributed by atoms with van der Waals surface area (Å²) < 4.78 is 0. The van der Waals surface area contributed by atoms with E-state index in [0.29, 0.717) is 10.0 Å². The van der Waals surface area contributed by atoms with E-state index < -0.39 is 6.03 Å². The number of nitrogens with two attached hydrogens (primary N) is 1. The molecule has 0 spiro atoms. The minimum atomic E-state index is -0.597. The van der Waals surface area contributed by atoms with Crippen LogP contribution in [0.2, 0.25) is 10.0 Å². The minimum absolute atomic E-state index is 0.353. The van der Waals surface area contributed by atoms with Gasteiger partial charge in [0.1, 0.15) is 0 Å². The van der Waals surface area contributed by atoms with Gasteiger partial charge in [0.2, 0.25) is 0 Å². The van der Waals surface area contributed by atoms with Crippen LogP contribution in [0.3, 0.4) is 0 Å². The summed E-state index contributed by atoms with van der Waals surface area (Å²) >= 11 is 11.9. The smallest absolute Gasteiger partial charge is 0.312 e. The summed E-state index contributed by atoms with van der Waals surface area (Å²) in [5, 5.41) is 3.60. The molecule has 0 heterocycles. The Morgan fingerprint density at radius 3 is 2.26 bits per heavy atom. The van der Waals surface area contributed by atoms with Crippen molar-refractivity contribution in [1.82, 2.24) is 5.32 Å². The van der Waals surface area contributed by atoms with Crippen molar-refractivity contribution in [2.24, 2.45) is 5.73 Å².